The van der Waals surface area contributed by atoms with Crippen molar-refractivity contribution in [2.24, 2.45) is 12.5 Å². The lowest BCUT2D eigenvalue weighted by atomic mass is 9.74. The topological polar surface area (TPSA) is 46.9 Å². The van der Waals surface area contributed by atoms with Crippen LogP contribution in [0.2, 0.25) is 5.02 Å². The first-order valence-corrected chi connectivity index (χ1v) is 6.41. The average Bonchev–Trinajstić information content (AvgIpc) is 2.69. The fourth-order valence-electron chi connectivity index (χ4n) is 2.54. The number of hydrogen-bond donors (Lipinski definition) is 1. The molecule has 94 valence electrons. The van der Waals surface area contributed by atoms with Gasteiger partial charge >= 0.3 is 0 Å². The summed E-state index contributed by atoms with van der Waals surface area (Å²) in [6.07, 6.45) is 4.33. The Balaban J connectivity index is 2.35. The van der Waals surface area contributed by atoms with Crippen LogP contribution in [-0.4, -0.2) is 28.7 Å². The van der Waals surface area contributed by atoms with Crippen molar-refractivity contribution in [3.63, 3.8) is 0 Å². The molecular weight excluding hydrogens is 238 g/mol. The highest BCUT2D eigenvalue weighted by Crippen LogP contribution is 2.35. The van der Waals surface area contributed by atoms with Gasteiger partial charge in [-0.3, -0.25) is 9.48 Å². The molecule has 1 aliphatic rings. The molecule has 0 aromatic carbocycles. The van der Waals surface area contributed by atoms with Gasteiger partial charge in [0.1, 0.15) is 5.69 Å². The molecule has 1 aromatic rings. The summed E-state index contributed by atoms with van der Waals surface area (Å²) >= 11 is 6.05. The lowest BCUT2D eigenvalue weighted by Crippen LogP contribution is -2.45. The van der Waals surface area contributed by atoms with Gasteiger partial charge in [0.2, 0.25) is 0 Å². The summed E-state index contributed by atoms with van der Waals surface area (Å²) in [7, 11) is 1.76. The molecule has 1 fully saturated rings. The molecule has 0 radical (unpaired) electrons. The maximum Gasteiger partial charge on any atom is 0.189 e. The van der Waals surface area contributed by atoms with Gasteiger partial charge in [0.15, 0.2) is 5.78 Å². The molecular formula is C12H18ClN3O. The van der Waals surface area contributed by atoms with Crippen molar-refractivity contribution in [1.29, 1.82) is 0 Å². The van der Waals surface area contributed by atoms with Crippen LogP contribution >= 0.6 is 11.6 Å². The number of hydrogen-bond acceptors (Lipinski definition) is 3. The first-order valence-electron chi connectivity index (χ1n) is 6.04. The molecule has 0 spiro atoms. The molecule has 1 N–H and O–H groups in total. The predicted molar refractivity (Wildman–Crippen MR) is 67.4 cm³/mol. The molecule has 4 nitrogen and oxygen atoms in total. The monoisotopic (exact) mass is 255 g/mol. The van der Waals surface area contributed by atoms with Crippen LogP contribution in [0.4, 0.5) is 0 Å². The molecule has 2 rings (SSSR count). The Morgan fingerprint density at radius 2 is 2.47 bits per heavy atom. The molecule has 2 heterocycles. The van der Waals surface area contributed by atoms with E-state index in [1.165, 1.54) is 6.20 Å². The third-order valence-corrected chi connectivity index (χ3v) is 4.02. The number of aryl methyl sites for hydroxylation is 1. The van der Waals surface area contributed by atoms with Gasteiger partial charge in [-0.1, -0.05) is 18.5 Å². The average molecular weight is 256 g/mol. The number of ketones is 1. The molecule has 0 amide bonds. The Bertz CT molecular complexity index is 402. The number of nitrogens with one attached hydrogen (secondary N) is 1. The summed E-state index contributed by atoms with van der Waals surface area (Å²) in [4.78, 5) is 12.7. The zero-order valence-electron chi connectivity index (χ0n) is 10.3. The number of nitrogens with zero attached hydrogens (tertiary/aromatic N) is 2. The SMILES string of the molecule is CCC1(C(=O)c2c(Cl)cnn2C)CCCNC1. The van der Waals surface area contributed by atoms with Gasteiger partial charge in [-0.25, -0.2) is 0 Å². The van der Waals surface area contributed by atoms with Gasteiger partial charge in [0.25, 0.3) is 0 Å². The fraction of sp³-hybridized carbons (Fsp3) is 0.667. The van der Waals surface area contributed by atoms with E-state index in [9.17, 15) is 4.79 Å². The maximum absolute atomic E-state index is 12.7. The summed E-state index contributed by atoms with van der Waals surface area (Å²) < 4.78 is 1.58. The van der Waals surface area contributed by atoms with Crippen LogP contribution in [0.3, 0.4) is 0 Å². The second-order valence-corrected chi connectivity index (χ2v) is 5.12. The third-order valence-electron chi connectivity index (χ3n) is 3.74. The second kappa shape index (κ2) is 4.78. The second-order valence-electron chi connectivity index (χ2n) is 4.71. The molecule has 5 heteroatoms. The van der Waals surface area contributed by atoms with Crippen LogP contribution in [0, 0.1) is 5.41 Å². The zero-order chi connectivity index (χ0) is 12.5. The minimum atomic E-state index is -0.310. The van der Waals surface area contributed by atoms with E-state index in [1.54, 1.807) is 11.7 Å². The Labute approximate surface area is 106 Å². The highest BCUT2D eigenvalue weighted by atomic mass is 35.5. The van der Waals surface area contributed by atoms with Crippen molar-refractivity contribution in [2.75, 3.05) is 13.1 Å². The Morgan fingerprint density at radius 3 is 2.94 bits per heavy atom. The van der Waals surface area contributed by atoms with Gasteiger partial charge in [0.05, 0.1) is 11.2 Å². The van der Waals surface area contributed by atoms with Gasteiger partial charge in [0, 0.05) is 19.0 Å². The molecule has 1 saturated heterocycles. The van der Waals surface area contributed by atoms with E-state index in [1.807, 2.05) is 0 Å². The zero-order valence-corrected chi connectivity index (χ0v) is 11.0. The normalized spacial score (nSPS) is 24.9. The van der Waals surface area contributed by atoms with Gasteiger partial charge in [-0.15, -0.1) is 0 Å². The van der Waals surface area contributed by atoms with Gasteiger partial charge in [-0.2, -0.15) is 5.10 Å². The smallest absolute Gasteiger partial charge is 0.189 e. The number of piperidine rings is 1. The van der Waals surface area contributed by atoms with E-state index in [0.29, 0.717) is 10.7 Å². The van der Waals surface area contributed by atoms with E-state index in [4.69, 9.17) is 11.6 Å². The van der Waals surface area contributed by atoms with E-state index >= 15 is 0 Å². The summed E-state index contributed by atoms with van der Waals surface area (Å²) in [6.45, 7) is 3.80. The van der Waals surface area contributed by atoms with Crippen molar-refractivity contribution in [2.45, 2.75) is 26.2 Å². The minimum absolute atomic E-state index is 0.122. The minimum Gasteiger partial charge on any atom is -0.316 e. The van der Waals surface area contributed by atoms with E-state index in [2.05, 4.69) is 17.3 Å². The van der Waals surface area contributed by atoms with Crippen molar-refractivity contribution < 1.29 is 4.79 Å². The summed E-state index contributed by atoms with van der Waals surface area (Å²) in [6, 6.07) is 0. The molecule has 1 unspecified atom stereocenters. The third kappa shape index (κ3) is 2.11. The Kier molecular flexibility index (Phi) is 3.54. The largest absolute Gasteiger partial charge is 0.316 e. The van der Waals surface area contributed by atoms with Crippen molar-refractivity contribution in [3.8, 4) is 0 Å². The number of aromatic nitrogens is 2. The van der Waals surface area contributed by atoms with E-state index in [0.717, 1.165) is 32.4 Å². The van der Waals surface area contributed by atoms with Crippen molar-refractivity contribution >= 4 is 17.4 Å². The predicted octanol–water partition coefficient (Wildman–Crippen LogP) is 2.04. The number of carbonyl (C=O) groups is 1. The highest BCUT2D eigenvalue weighted by molar-refractivity contribution is 6.33. The highest BCUT2D eigenvalue weighted by Gasteiger charge is 2.40. The molecule has 0 aliphatic carbocycles. The first-order chi connectivity index (χ1) is 8.10. The Hall–Kier alpha value is -0.870. The van der Waals surface area contributed by atoms with E-state index < -0.39 is 0 Å². The molecule has 0 bridgehead atoms. The van der Waals surface area contributed by atoms with Crippen LogP contribution in [0.25, 0.3) is 0 Å². The quantitative estimate of drug-likeness (QED) is 0.841. The van der Waals surface area contributed by atoms with Crippen LogP contribution in [0.15, 0.2) is 6.20 Å². The number of carbonyl (C=O) groups excluding carboxylic acids is 1. The Morgan fingerprint density at radius 1 is 1.71 bits per heavy atom. The van der Waals surface area contributed by atoms with Crippen LogP contribution < -0.4 is 5.32 Å². The molecule has 1 aliphatic heterocycles. The standard InChI is InChI=1S/C12H18ClN3O/c1-3-12(5-4-6-14-8-12)11(17)10-9(13)7-15-16(10)2/h7,14H,3-6,8H2,1-2H3. The van der Waals surface area contributed by atoms with Crippen LogP contribution in [0.5, 0.6) is 0 Å². The molecule has 1 atom stereocenters. The maximum atomic E-state index is 12.7. The van der Waals surface area contributed by atoms with Gasteiger partial charge in [-0.05, 0) is 25.8 Å². The van der Waals surface area contributed by atoms with Gasteiger partial charge < -0.3 is 5.32 Å². The molecule has 1 aromatic heterocycles. The molecule has 17 heavy (non-hydrogen) atoms. The number of halogens is 1. The number of rotatable bonds is 3. The summed E-state index contributed by atoms with van der Waals surface area (Å²) in [5, 5.41) is 7.81. The van der Waals surface area contributed by atoms with Crippen LogP contribution in [0.1, 0.15) is 36.7 Å². The van der Waals surface area contributed by atoms with Crippen molar-refractivity contribution in [3.05, 3.63) is 16.9 Å². The molecule has 0 saturated carbocycles. The lowest BCUT2D eigenvalue weighted by molar-refractivity contribution is 0.0720. The summed E-state index contributed by atoms with van der Waals surface area (Å²) in [5.41, 5.74) is 0.229. The lowest BCUT2D eigenvalue weighted by Gasteiger charge is -2.35. The number of Topliss-reactive ketones (excluding diaryl/α,β-unsaturated/α-hetero) is 1. The summed E-state index contributed by atoms with van der Waals surface area (Å²) in [5.74, 6) is 0.122. The first kappa shape index (κ1) is 12.6. The van der Waals surface area contributed by atoms with Crippen LogP contribution in [-0.2, 0) is 7.05 Å². The van der Waals surface area contributed by atoms with E-state index in [-0.39, 0.29) is 11.2 Å². The fourth-order valence-corrected chi connectivity index (χ4v) is 2.79. The van der Waals surface area contributed by atoms with Crippen molar-refractivity contribution in [1.82, 2.24) is 15.1 Å².